The van der Waals surface area contributed by atoms with Crippen molar-refractivity contribution >= 4 is 0 Å². The van der Waals surface area contributed by atoms with Crippen molar-refractivity contribution in [2.75, 3.05) is 19.8 Å². The second-order valence-corrected chi connectivity index (χ2v) is 20.8. The fourth-order valence-electron chi connectivity index (χ4n) is 13.9. The van der Waals surface area contributed by atoms with Crippen LogP contribution in [0.3, 0.4) is 0 Å². The molecule has 27 atom stereocenters. The summed E-state index contributed by atoms with van der Waals surface area (Å²) in [7, 11) is 0. The first-order valence-electron chi connectivity index (χ1n) is 23.2. The van der Waals surface area contributed by atoms with E-state index in [4.69, 9.17) is 37.9 Å². The molecule has 0 aromatic carbocycles. The Labute approximate surface area is 372 Å². The van der Waals surface area contributed by atoms with Gasteiger partial charge in [0.15, 0.2) is 24.7 Å². The molecule has 5 saturated heterocycles. The lowest BCUT2D eigenvalue weighted by molar-refractivity contribution is -0.392. The monoisotopic (exact) mass is 914 g/mol. The van der Waals surface area contributed by atoms with Gasteiger partial charge in [-0.05, 0) is 74.5 Å². The molecule has 19 nitrogen and oxygen atoms in total. The zero-order valence-corrected chi connectivity index (χ0v) is 36.9. The van der Waals surface area contributed by atoms with Crippen LogP contribution in [-0.2, 0) is 37.9 Å². The molecule has 5 heterocycles. The topological polar surface area (TPSA) is 296 Å². The minimum atomic E-state index is -1.89. The van der Waals surface area contributed by atoms with Gasteiger partial charge in [0.05, 0.1) is 44.2 Å². The van der Waals surface area contributed by atoms with Gasteiger partial charge in [-0.3, -0.25) is 0 Å². The summed E-state index contributed by atoms with van der Waals surface area (Å²) in [6, 6.07) is 0. The standard InChI is InChI=1S/C45H70O19/c1-17-8-11-45(57-16-17)18(2)28-24(64-45)13-23-21-7-6-20-12-25(31(50)39(56)44(20,5)22(21)9-10-43(23,28)4)59-42-38(63-40-34(53)32(51)29(48)19(3)58-40)36(55)37(27(15-47)61-42)62-41-35(54)33(52)30(49)26(14-46)60-41/h6,18-19,21-42,46-56H,1,7-16H2,2-5H3/t18-,19-,21+,22-,23-,24-,25+,26+,27+,28?,29-,30+,31-,32+,33-,34+,35+,36-,37-,38+,39+,40-,41-,42+,43-,44-,45+/m0/s1. The average Bonchev–Trinajstić information content (AvgIpc) is 3.72. The molecule has 19 heteroatoms. The van der Waals surface area contributed by atoms with Gasteiger partial charge in [-0.25, -0.2) is 0 Å². The van der Waals surface area contributed by atoms with Crippen molar-refractivity contribution in [3.63, 3.8) is 0 Å². The van der Waals surface area contributed by atoms with Gasteiger partial charge in [-0.2, -0.15) is 0 Å². The second-order valence-electron chi connectivity index (χ2n) is 20.8. The van der Waals surface area contributed by atoms with Gasteiger partial charge in [-0.1, -0.05) is 44.6 Å². The minimum Gasteiger partial charge on any atom is -0.394 e. The van der Waals surface area contributed by atoms with Crippen molar-refractivity contribution in [3.8, 4) is 0 Å². The Morgan fingerprint density at radius 3 is 2.05 bits per heavy atom. The van der Waals surface area contributed by atoms with Gasteiger partial charge in [0, 0.05) is 17.8 Å². The molecule has 11 N–H and O–H groups in total. The van der Waals surface area contributed by atoms with Crippen molar-refractivity contribution < 1.29 is 94.1 Å². The molecule has 0 aromatic rings. The molecule has 364 valence electrons. The number of aliphatic hydroxyl groups is 11. The summed E-state index contributed by atoms with van der Waals surface area (Å²) in [6.45, 7) is 11.2. The highest BCUT2D eigenvalue weighted by atomic mass is 16.8. The fourth-order valence-corrected chi connectivity index (χ4v) is 13.9. The van der Waals surface area contributed by atoms with Crippen LogP contribution in [0.4, 0.5) is 0 Å². The first-order chi connectivity index (χ1) is 30.3. The van der Waals surface area contributed by atoms with Crippen LogP contribution in [-0.4, -0.2) is 198 Å². The molecule has 1 spiro atoms. The van der Waals surface area contributed by atoms with E-state index in [1.807, 2.05) is 6.92 Å². The Morgan fingerprint density at radius 1 is 0.719 bits per heavy atom. The Hall–Kier alpha value is -1.28. The summed E-state index contributed by atoms with van der Waals surface area (Å²) >= 11 is 0. The molecule has 9 rings (SSSR count). The number of hydrogen-bond acceptors (Lipinski definition) is 19. The molecule has 1 unspecified atom stereocenters. The van der Waals surface area contributed by atoms with Crippen LogP contribution in [0.1, 0.15) is 72.6 Å². The number of ether oxygens (including phenoxy) is 8. The molecule has 0 radical (unpaired) electrons. The average molecular weight is 915 g/mol. The predicted octanol–water partition coefficient (Wildman–Crippen LogP) is -1.92. The Kier molecular flexibility index (Phi) is 13.1. The maximum Gasteiger partial charge on any atom is 0.187 e. The first-order valence-corrected chi connectivity index (χ1v) is 23.2. The maximum absolute atomic E-state index is 12.3. The van der Waals surface area contributed by atoms with Gasteiger partial charge in [0.25, 0.3) is 0 Å². The molecule has 0 amide bonds. The highest BCUT2D eigenvalue weighted by Gasteiger charge is 2.70. The van der Waals surface area contributed by atoms with Gasteiger partial charge in [0.1, 0.15) is 73.2 Å². The highest BCUT2D eigenvalue weighted by Crippen LogP contribution is 2.70. The van der Waals surface area contributed by atoms with E-state index in [0.717, 1.165) is 49.7 Å². The minimum absolute atomic E-state index is 0.00148. The van der Waals surface area contributed by atoms with Gasteiger partial charge in [-0.15, -0.1) is 0 Å². The van der Waals surface area contributed by atoms with Gasteiger partial charge >= 0.3 is 0 Å². The molecule has 0 aromatic heterocycles. The van der Waals surface area contributed by atoms with Crippen LogP contribution in [0.25, 0.3) is 0 Å². The quantitative estimate of drug-likeness (QED) is 0.118. The van der Waals surface area contributed by atoms with Crippen molar-refractivity contribution in [1.82, 2.24) is 0 Å². The summed E-state index contributed by atoms with van der Waals surface area (Å²) in [5.74, 6) is 0.555. The summed E-state index contributed by atoms with van der Waals surface area (Å²) in [6.07, 6.45) is -21.0. The summed E-state index contributed by atoms with van der Waals surface area (Å²) in [4.78, 5) is 0. The van der Waals surface area contributed by atoms with E-state index in [1.54, 1.807) is 0 Å². The van der Waals surface area contributed by atoms with Crippen LogP contribution < -0.4 is 0 Å². The number of aliphatic hydroxyl groups excluding tert-OH is 11. The van der Waals surface area contributed by atoms with Crippen LogP contribution in [0.5, 0.6) is 0 Å². The number of fused-ring (bicyclic) bond motifs is 7. The molecular weight excluding hydrogens is 844 g/mol. The van der Waals surface area contributed by atoms with Crippen molar-refractivity contribution in [1.29, 1.82) is 0 Å². The predicted molar refractivity (Wildman–Crippen MR) is 217 cm³/mol. The molecule has 4 aliphatic carbocycles. The SMILES string of the molecule is C=C1CC[C@@]2(OC1)O[C@H]1C[C@H]3[C@@H]4CC=C5C[C@@H](O[C@@H]6O[C@H](CO)[C@H](O[C@@H]7O[C@H](CO)[C@@H](O)[C@H](O)[C@H]7O)[C@H](O)[C@H]6O[C@@H]6O[C@@H](C)[C@H](O)[C@@H](O)[C@H]6O)[C@H](O)[C@@H](O)[C@]5(C)[C@H]4CC[C@]3(C)C1[C@@H]2C. The fraction of sp³-hybridized carbons (Fsp3) is 0.911. The molecule has 3 saturated carbocycles. The second kappa shape index (κ2) is 17.6. The van der Waals surface area contributed by atoms with Crippen molar-refractivity contribution in [2.45, 2.75) is 195 Å². The number of rotatable bonds is 8. The third kappa shape index (κ3) is 7.43. The lowest BCUT2D eigenvalue weighted by Gasteiger charge is -2.60. The smallest absolute Gasteiger partial charge is 0.187 e. The Balaban J connectivity index is 0.952. The first kappa shape index (κ1) is 47.8. The third-order valence-electron chi connectivity index (χ3n) is 17.6. The van der Waals surface area contributed by atoms with Crippen molar-refractivity contribution in [2.24, 2.45) is 40.4 Å². The normalized spacial score (nSPS) is 57.4. The molecular formula is C45H70O19. The number of allylic oxidation sites excluding steroid dienone is 1. The summed E-state index contributed by atoms with van der Waals surface area (Å²) in [5.41, 5.74) is 1.19. The van der Waals surface area contributed by atoms with Crippen molar-refractivity contribution in [3.05, 3.63) is 23.8 Å². The molecule has 64 heavy (non-hydrogen) atoms. The molecule has 5 aliphatic heterocycles. The number of hydrogen-bond donors (Lipinski definition) is 11. The maximum atomic E-state index is 12.3. The van der Waals surface area contributed by atoms with Crippen LogP contribution in [0, 0.1) is 40.4 Å². The molecule has 8 fully saturated rings. The highest BCUT2D eigenvalue weighted by molar-refractivity contribution is 5.30. The zero-order valence-electron chi connectivity index (χ0n) is 36.9. The Morgan fingerprint density at radius 2 is 1.38 bits per heavy atom. The van der Waals surface area contributed by atoms with E-state index in [-0.39, 0.29) is 35.7 Å². The largest absolute Gasteiger partial charge is 0.394 e. The summed E-state index contributed by atoms with van der Waals surface area (Å²) in [5, 5.41) is 120. The molecule has 9 aliphatic rings. The third-order valence-corrected chi connectivity index (χ3v) is 17.6. The van der Waals surface area contributed by atoms with E-state index >= 15 is 0 Å². The van der Waals surface area contributed by atoms with Gasteiger partial charge in [0.2, 0.25) is 0 Å². The van der Waals surface area contributed by atoms with Gasteiger partial charge < -0.3 is 94.1 Å². The Bertz CT molecular complexity index is 1720. The van der Waals surface area contributed by atoms with E-state index in [1.165, 1.54) is 6.92 Å². The van der Waals surface area contributed by atoms with Crippen LogP contribution in [0.2, 0.25) is 0 Å². The van der Waals surface area contributed by atoms with E-state index in [0.29, 0.717) is 18.4 Å². The zero-order chi connectivity index (χ0) is 45.9. The van der Waals surface area contributed by atoms with E-state index in [9.17, 15) is 56.2 Å². The lowest BCUT2D eigenvalue weighted by atomic mass is 9.46. The lowest BCUT2D eigenvalue weighted by Crippen LogP contribution is -2.67. The van der Waals surface area contributed by atoms with Crippen LogP contribution >= 0.6 is 0 Å². The van der Waals surface area contributed by atoms with E-state index in [2.05, 4.69) is 26.5 Å². The van der Waals surface area contributed by atoms with Crippen LogP contribution in [0.15, 0.2) is 23.8 Å². The molecule has 0 bridgehead atoms. The summed E-state index contributed by atoms with van der Waals surface area (Å²) < 4.78 is 49.1. The van der Waals surface area contributed by atoms with E-state index < -0.39 is 135 Å².